The molecule has 1 N–H and O–H groups in total. The van der Waals surface area contributed by atoms with Gasteiger partial charge >= 0.3 is 0 Å². The Bertz CT molecular complexity index is 695. The van der Waals surface area contributed by atoms with Crippen molar-refractivity contribution in [2.24, 2.45) is 0 Å². The van der Waals surface area contributed by atoms with Crippen LogP contribution in [0.3, 0.4) is 0 Å². The van der Waals surface area contributed by atoms with Gasteiger partial charge in [-0.25, -0.2) is 0 Å². The van der Waals surface area contributed by atoms with E-state index in [1.165, 1.54) is 6.08 Å². The topological polar surface area (TPSA) is 71.4 Å². The maximum absolute atomic E-state index is 11.6. The van der Waals surface area contributed by atoms with E-state index in [0.717, 1.165) is 5.56 Å². The molecule has 0 saturated heterocycles. The van der Waals surface area contributed by atoms with Crippen LogP contribution < -0.4 is 0 Å². The van der Waals surface area contributed by atoms with Gasteiger partial charge in [0.05, 0.1) is 0 Å². The van der Waals surface area contributed by atoms with Gasteiger partial charge in [0.2, 0.25) is 0 Å². The molecule has 0 heterocycles. The van der Waals surface area contributed by atoms with E-state index in [2.05, 4.69) is 0 Å². The third-order valence-electron chi connectivity index (χ3n) is 3.56. The summed E-state index contributed by atoms with van der Waals surface area (Å²) in [6.45, 7) is 3.89. The molecular formula is C15H16O4S. The first-order chi connectivity index (χ1) is 9.23. The van der Waals surface area contributed by atoms with Gasteiger partial charge in [0.1, 0.15) is 4.91 Å². The van der Waals surface area contributed by atoms with Crippen molar-refractivity contribution < 1.29 is 17.8 Å². The molecule has 0 atom stereocenters. The Kier molecular flexibility index (Phi) is 3.67. The summed E-state index contributed by atoms with van der Waals surface area (Å²) in [4.78, 5) is 11.1. The summed E-state index contributed by atoms with van der Waals surface area (Å²) < 4.78 is 31.6. The Morgan fingerprint density at radius 2 is 1.75 bits per heavy atom. The number of rotatable bonds is 3. The van der Waals surface area contributed by atoms with Crippen LogP contribution in [0.2, 0.25) is 0 Å². The summed E-state index contributed by atoms with van der Waals surface area (Å²) in [6, 6.07) is 9.59. The molecule has 0 spiro atoms. The van der Waals surface area contributed by atoms with E-state index in [9.17, 15) is 13.2 Å². The standard InChI is InChI=1S/C15H16O4S/c1-15(2,11-6-4-3-5-7-11)12-8-9-13(16)14(10-12)20(17,18)19/h3-8,10H,9H2,1-2H3,(H,17,18,19). The van der Waals surface area contributed by atoms with E-state index in [1.807, 2.05) is 44.2 Å². The van der Waals surface area contributed by atoms with Crippen molar-refractivity contribution in [3.05, 3.63) is 58.5 Å². The summed E-state index contributed by atoms with van der Waals surface area (Å²) in [7, 11) is -4.48. The van der Waals surface area contributed by atoms with Crippen molar-refractivity contribution in [1.29, 1.82) is 0 Å². The zero-order valence-corrected chi connectivity index (χ0v) is 12.1. The Labute approximate surface area is 118 Å². The normalized spacial score (nSPS) is 16.6. The van der Waals surface area contributed by atoms with Crippen LogP contribution in [-0.4, -0.2) is 18.8 Å². The molecule has 0 radical (unpaired) electrons. The summed E-state index contributed by atoms with van der Waals surface area (Å²) in [5.41, 5.74) is 1.26. The first kappa shape index (κ1) is 14.7. The first-order valence-corrected chi connectivity index (χ1v) is 7.65. The van der Waals surface area contributed by atoms with Crippen LogP contribution in [0.4, 0.5) is 0 Å². The maximum Gasteiger partial charge on any atom is 0.298 e. The molecule has 20 heavy (non-hydrogen) atoms. The lowest BCUT2D eigenvalue weighted by Crippen LogP contribution is -2.24. The minimum absolute atomic E-state index is 0.0166. The number of Topliss-reactive ketones (excluding diaryl/α,β-unsaturated/α-hetero) is 1. The fraction of sp³-hybridized carbons (Fsp3) is 0.267. The SMILES string of the molecule is CC(C)(C1=CCC(=O)C(S(=O)(=O)O)=C1)c1ccccc1. The van der Waals surface area contributed by atoms with Gasteiger partial charge in [-0.05, 0) is 17.2 Å². The highest BCUT2D eigenvalue weighted by Gasteiger charge is 2.31. The van der Waals surface area contributed by atoms with Crippen molar-refractivity contribution in [2.75, 3.05) is 0 Å². The van der Waals surface area contributed by atoms with Gasteiger partial charge in [-0.2, -0.15) is 8.42 Å². The molecule has 1 aliphatic carbocycles. The lowest BCUT2D eigenvalue weighted by atomic mass is 9.76. The molecule has 0 amide bonds. The lowest BCUT2D eigenvalue weighted by Gasteiger charge is -2.29. The molecule has 4 nitrogen and oxygen atoms in total. The highest BCUT2D eigenvalue weighted by molar-refractivity contribution is 7.90. The third kappa shape index (κ3) is 2.73. The molecule has 0 unspecified atom stereocenters. The molecule has 1 aromatic rings. The molecule has 106 valence electrons. The number of benzene rings is 1. The van der Waals surface area contributed by atoms with Crippen LogP contribution in [0.15, 0.2) is 53.0 Å². The van der Waals surface area contributed by atoms with Crippen LogP contribution in [0.25, 0.3) is 0 Å². The van der Waals surface area contributed by atoms with Crippen molar-refractivity contribution in [3.63, 3.8) is 0 Å². The van der Waals surface area contributed by atoms with Gasteiger partial charge in [0.15, 0.2) is 5.78 Å². The second kappa shape index (κ2) is 5.00. The predicted molar refractivity (Wildman–Crippen MR) is 76.8 cm³/mol. The van der Waals surface area contributed by atoms with Crippen LogP contribution in [0.1, 0.15) is 25.8 Å². The largest absolute Gasteiger partial charge is 0.298 e. The molecular weight excluding hydrogens is 276 g/mol. The molecule has 0 aliphatic heterocycles. The molecule has 0 bridgehead atoms. The average molecular weight is 292 g/mol. The first-order valence-electron chi connectivity index (χ1n) is 6.21. The Hall–Kier alpha value is -1.72. The highest BCUT2D eigenvalue weighted by Crippen LogP contribution is 2.35. The van der Waals surface area contributed by atoms with Gasteiger partial charge in [0, 0.05) is 11.8 Å². The molecule has 0 aromatic heterocycles. The van der Waals surface area contributed by atoms with E-state index in [0.29, 0.717) is 5.57 Å². The van der Waals surface area contributed by atoms with Crippen molar-refractivity contribution in [3.8, 4) is 0 Å². The summed E-state index contributed by atoms with van der Waals surface area (Å²) in [5.74, 6) is -0.583. The number of carbonyl (C=O) groups is 1. The van der Waals surface area contributed by atoms with Crippen molar-refractivity contribution in [2.45, 2.75) is 25.7 Å². The van der Waals surface area contributed by atoms with Crippen LogP contribution in [0.5, 0.6) is 0 Å². The van der Waals surface area contributed by atoms with E-state index in [-0.39, 0.29) is 6.42 Å². The molecule has 1 aliphatic rings. The second-order valence-electron chi connectivity index (χ2n) is 5.26. The number of allylic oxidation sites excluding steroid dienone is 4. The van der Waals surface area contributed by atoms with Crippen molar-refractivity contribution in [1.82, 2.24) is 0 Å². The Morgan fingerprint density at radius 3 is 2.30 bits per heavy atom. The summed E-state index contributed by atoms with van der Waals surface area (Å²) in [5, 5.41) is 0. The van der Waals surface area contributed by atoms with Crippen LogP contribution in [0, 0.1) is 0 Å². The number of hydrogen-bond donors (Lipinski definition) is 1. The Balaban J connectivity index is 2.49. The third-order valence-corrected chi connectivity index (χ3v) is 4.47. The van der Waals surface area contributed by atoms with Crippen molar-refractivity contribution >= 4 is 15.9 Å². The predicted octanol–water partition coefficient (Wildman–Crippen LogP) is 2.64. The van der Waals surface area contributed by atoms with Gasteiger partial charge in [-0.3, -0.25) is 9.35 Å². The smallest absolute Gasteiger partial charge is 0.293 e. The minimum Gasteiger partial charge on any atom is -0.293 e. The fourth-order valence-corrected chi connectivity index (χ4v) is 2.91. The van der Waals surface area contributed by atoms with E-state index in [1.54, 1.807) is 6.08 Å². The minimum atomic E-state index is -4.48. The van der Waals surface area contributed by atoms with Crippen LogP contribution in [-0.2, 0) is 20.3 Å². The number of carbonyl (C=O) groups excluding carboxylic acids is 1. The average Bonchev–Trinajstić information content (AvgIpc) is 2.38. The Morgan fingerprint density at radius 1 is 1.15 bits per heavy atom. The monoisotopic (exact) mass is 292 g/mol. The fourth-order valence-electron chi connectivity index (χ4n) is 2.26. The zero-order valence-electron chi connectivity index (χ0n) is 11.3. The van der Waals surface area contributed by atoms with Gasteiger partial charge < -0.3 is 0 Å². The van der Waals surface area contributed by atoms with E-state index >= 15 is 0 Å². The lowest BCUT2D eigenvalue weighted by molar-refractivity contribution is -0.114. The van der Waals surface area contributed by atoms with Crippen LogP contribution >= 0.6 is 0 Å². The van der Waals surface area contributed by atoms with E-state index in [4.69, 9.17) is 4.55 Å². The quantitative estimate of drug-likeness (QED) is 0.869. The molecule has 2 rings (SSSR count). The summed E-state index contributed by atoms with van der Waals surface area (Å²) in [6.07, 6.45) is 2.97. The number of ketones is 1. The molecule has 1 aromatic carbocycles. The number of hydrogen-bond acceptors (Lipinski definition) is 3. The zero-order chi connectivity index (χ0) is 15.0. The van der Waals surface area contributed by atoms with E-state index < -0.39 is 26.2 Å². The molecule has 0 saturated carbocycles. The van der Waals surface area contributed by atoms with Gasteiger partial charge in [-0.15, -0.1) is 0 Å². The summed E-state index contributed by atoms with van der Waals surface area (Å²) >= 11 is 0. The molecule has 0 fully saturated rings. The van der Waals surface area contributed by atoms with Gasteiger partial charge in [0.25, 0.3) is 10.1 Å². The second-order valence-corrected chi connectivity index (χ2v) is 6.65. The highest BCUT2D eigenvalue weighted by atomic mass is 32.2. The maximum atomic E-state index is 11.6. The van der Waals surface area contributed by atoms with Gasteiger partial charge in [-0.1, -0.05) is 50.3 Å². The molecule has 5 heteroatoms.